The van der Waals surface area contributed by atoms with Crippen molar-refractivity contribution in [2.45, 2.75) is 13.3 Å². The third-order valence-electron chi connectivity index (χ3n) is 1.91. The fourth-order valence-corrected chi connectivity index (χ4v) is 1.10. The summed E-state index contributed by atoms with van der Waals surface area (Å²) in [6.45, 7) is 1.71. The van der Waals surface area contributed by atoms with E-state index in [0.29, 0.717) is 0 Å². The van der Waals surface area contributed by atoms with Crippen molar-refractivity contribution >= 4 is 11.8 Å². The van der Waals surface area contributed by atoms with Gasteiger partial charge in [0, 0.05) is 12.1 Å². The monoisotopic (exact) mass is 240 g/mol. The van der Waals surface area contributed by atoms with Crippen molar-refractivity contribution in [3.05, 3.63) is 23.0 Å². The molecule has 92 valence electrons. The standard InChI is InChI=1S/C10H12N2O5/c1-3-17-10(14)8(13)6-7-4-5-9(16-2)11-12(7)15/h4-5H,3,6H2,1-2H3. The minimum absolute atomic E-state index is 0.0591. The fourth-order valence-electron chi connectivity index (χ4n) is 1.10. The van der Waals surface area contributed by atoms with Crippen LogP contribution in [0.1, 0.15) is 12.6 Å². The molecule has 0 fully saturated rings. The van der Waals surface area contributed by atoms with E-state index in [4.69, 9.17) is 4.74 Å². The molecule has 1 aromatic heterocycles. The van der Waals surface area contributed by atoms with Crippen molar-refractivity contribution in [1.82, 2.24) is 5.10 Å². The van der Waals surface area contributed by atoms with Crippen LogP contribution in [-0.4, -0.2) is 30.6 Å². The van der Waals surface area contributed by atoms with E-state index in [1.807, 2.05) is 0 Å². The van der Waals surface area contributed by atoms with Gasteiger partial charge in [-0.05, 0) is 6.92 Å². The molecule has 7 heteroatoms. The Morgan fingerprint density at radius 2 is 2.18 bits per heavy atom. The molecular weight excluding hydrogens is 228 g/mol. The van der Waals surface area contributed by atoms with Gasteiger partial charge in [-0.2, -0.15) is 0 Å². The van der Waals surface area contributed by atoms with Gasteiger partial charge in [-0.15, -0.1) is 0 Å². The number of carbonyl (C=O) groups is 2. The molecule has 0 radical (unpaired) electrons. The molecular formula is C10H12N2O5. The SMILES string of the molecule is CCOC(=O)C(=O)Cc1ccc(OC)n[n+]1[O-]. The molecule has 0 spiro atoms. The van der Waals surface area contributed by atoms with Gasteiger partial charge in [0.05, 0.1) is 18.8 Å². The minimum atomic E-state index is -0.955. The van der Waals surface area contributed by atoms with Crippen LogP contribution >= 0.6 is 0 Å². The van der Waals surface area contributed by atoms with E-state index in [1.165, 1.54) is 19.2 Å². The molecule has 0 N–H and O–H groups in total. The van der Waals surface area contributed by atoms with E-state index in [1.54, 1.807) is 6.92 Å². The van der Waals surface area contributed by atoms with Crippen LogP contribution in [0, 0.1) is 5.21 Å². The van der Waals surface area contributed by atoms with Crippen LogP contribution in [0.4, 0.5) is 0 Å². The average molecular weight is 240 g/mol. The number of hydrogen-bond donors (Lipinski definition) is 0. The highest BCUT2D eigenvalue weighted by molar-refractivity contribution is 6.33. The number of hydrogen-bond acceptors (Lipinski definition) is 6. The Morgan fingerprint density at radius 1 is 1.47 bits per heavy atom. The minimum Gasteiger partial charge on any atom is -0.594 e. The van der Waals surface area contributed by atoms with E-state index in [9.17, 15) is 14.8 Å². The Labute approximate surface area is 97.5 Å². The highest BCUT2D eigenvalue weighted by Crippen LogP contribution is 2.03. The first-order valence-corrected chi connectivity index (χ1v) is 4.92. The third-order valence-corrected chi connectivity index (χ3v) is 1.91. The molecule has 0 aliphatic carbocycles. The van der Waals surface area contributed by atoms with Crippen molar-refractivity contribution in [2.24, 2.45) is 0 Å². The van der Waals surface area contributed by atoms with Gasteiger partial charge in [0.2, 0.25) is 5.69 Å². The van der Waals surface area contributed by atoms with Gasteiger partial charge in [-0.1, -0.05) is 4.85 Å². The van der Waals surface area contributed by atoms with E-state index >= 15 is 0 Å². The summed E-state index contributed by atoms with van der Waals surface area (Å²) >= 11 is 0. The Balaban J connectivity index is 2.75. The lowest BCUT2D eigenvalue weighted by molar-refractivity contribution is -0.676. The lowest BCUT2D eigenvalue weighted by Gasteiger charge is -2.03. The number of aromatic nitrogens is 2. The summed E-state index contributed by atoms with van der Waals surface area (Å²) in [6.07, 6.45) is -0.348. The smallest absolute Gasteiger partial charge is 0.375 e. The second-order valence-electron chi connectivity index (χ2n) is 3.06. The predicted molar refractivity (Wildman–Crippen MR) is 55.1 cm³/mol. The number of methoxy groups -OCH3 is 1. The molecule has 0 unspecified atom stereocenters. The summed E-state index contributed by atoms with van der Waals surface area (Å²) in [5, 5.41) is 14.8. The Kier molecular flexibility index (Phi) is 4.38. The van der Waals surface area contributed by atoms with E-state index in [-0.39, 0.29) is 29.4 Å². The third kappa shape index (κ3) is 3.40. The van der Waals surface area contributed by atoms with Crippen molar-refractivity contribution in [2.75, 3.05) is 13.7 Å². The van der Waals surface area contributed by atoms with Gasteiger partial charge in [-0.3, -0.25) is 4.79 Å². The zero-order valence-electron chi connectivity index (χ0n) is 9.50. The molecule has 0 bridgehead atoms. The zero-order chi connectivity index (χ0) is 12.8. The molecule has 0 aliphatic rings. The van der Waals surface area contributed by atoms with E-state index in [0.717, 1.165) is 0 Å². The van der Waals surface area contributed by atoms with Crippen LogP contribution in [0.2, 0.25) is 0 Å². The fraction of sp³-hybridized carbons (Fsp3) is 0.400. The average Bonchev–Trinajstić information content (AvgIpc) is 2.31. The predicted octanol–water partition coefficient (Wildman–Crippen LogP) is -0.602. The van der Waals surface area contributed by atoms with Crippen LogP contribution in [-0.2, 0) is 20.7 Å². The highest BCUT2D eigenvalue weighted by atomic mass is 16.5. The molecule has 0 saturated carbocycles. The van der Waals surface area contributed by atoms with Crippen molar-refractivity contribution in [3.63, 3.8) is 0 Å². The maximum absolute atomic E-state index is 11.3. The summed E-state index contributed by atoms with van der Waals surface area (Å²) in [6, 6.07) is 2.80. The number of esters is 1. The normalized spacial score (nSPS) is 9.76. The Bertz CT molecular complexity index is 433. The lowest BCUT2D eigenvalue weighted by Crippen LogP contribution is -2.38. The number of rotatable bonds is 5. The molecule has 0 aliphatic heterocycles. The second kappa shape index (κ2) is 5.78. The maximum atomic E-state index is 11.3. The summed E-state index contributed by atoms with van der Waals surface area (Å²) in [7, 11) is 1.37. The first-order chi connectivity index (χ1) is 8.08. The highest BCUT2D eigenvalue weighted by Gasteiger charge is 2.21. The molecule has 1 heterocycles. The topological polar surface area (TPSA) is 92.4 Å². The van der Waals surface area contributed by atoms with Gasteiger partial charge < -0.3 is 14.7 Å². The molecule has 17 heavy (non-hydrogen) atoms. The van der Waals surface area contributed by atoms with Gasteiger partial charge in [0.15, 0.2) is 0 Å². The lowest BCUT2D eigenvalue weighted by atomic mass is 10.2. The van der Waals surface area contributed by atoms with Gasteiger partial charge in [0.25, 0.3) is 11.7 Å². The molecule has 0 atom stereocenters. The van der Waals surface area contributed by atoms with Crippen molar-refractivity contribution in [3.8, 4) is 5.88 Å². The molecule has 1 rings (SSSR count). The molecule has 1 aromatic rings. The zero-order valence-corrected chi connectivity index (χ0v) is 9.50. The summed E-state index contributed by atoms with van der Waals surface area (Å²) in [5.74, 6) is -1.61. The summed E-state index contributed by atoms with van der Waals surface area (Å²) in [4.78, 5) is 22.6. The van der Waals surface area contributed by atoms with E-state index < -0.39 is 11.8 Å². The van der Waals surface area contributed by atoms with Crippen LogP contribution in [0.3, 0.4) is 0 Å². The summed E-state index contributed by atoms with van der Waals surface area (Å²) in [5.41, 5.74) is 0.0591. The largest absolute Gasteiger partial charge is 0.594 e. The van der Waals surface area contributed by atoms with Crippen LogP contribution in [0.5, 0.6) is 5.88 Å². The summed E-state index contributed by atoms with van der Waals surface area (Å²) < 4.78 is 9.25. The number of ether oxygens (including phenoxy) is 2. The van der Waals surface area contributed by atoms with Crippen LogP contribution in [0.15, 0.2) is 12.1 Å². The van der Waals surface area contributed by atoms with Crippen LogP contribution < -0.4 is 9.58 Å². The first-order valence-electron chi connectivity index (χ1n) is 4.92. The molecule has 7 nitrogen and oxygen atoms in total. The Hall–Kier alpha value is -2.18. The number of ketones is 1. The van der Waals surface area contributed by atoms with Gasteiger partial charge in [-0.25, -0.2) is 4.79 Å². The maximum Gasteiger partial charge on any atom is 0.375 e. The number of nitrogens with zero attached hydrogens (tertiary/aromatic N) is 2. The molecule has 0 aromatic carbocycles. The second-order valence-corrected chi connectivity index (χ2v) is 3.06. The quantitative estimate of drug-likeness (QED) is 0.295. The Morgan fingerprint density at radius 3 is 2.71 bits per heavy atom. The van der Waals surface area contributed by atoms with Crippen LogP contribution in [0.25, 0.3) is 0 Å². The van der Waals surface area contributed by atoms with Gasteiger partial charge in [0.1, 0.15) is 6.42 Å². The van der Waals surface area contributed by atoms with E-state index in [2.05, 4.69) is 9.84 Å². The van der Waals surface area contributed by atoms with Crippen molar-refractivity contribution in [1.29, 1.82) is 0 Å². The van der Waals surface area contributed by atoms with Crippen molar-refractivity contribution < 1.29 is 23.9 Å². The molecule has 0 saturated heterocycles. The number of carbonyl (C=O) groups excluding carboxylic acids is 2. The first kappa shape index (κ1) is 12.9. The number of Topliss-reactive ketones (excluding diaryl/α,β-unsaturated/α-hetero) is 1. The van der Waals surface area contributed by atoms with Gasteiger partial charge >= 0.3 is 5.97 Å². The molecule has 0 amide bonds.